The largest absolute Gasteiger partial charge is 0.373 e. The third-order valence-electron chi connectivity index (χ3n) is 6.82. The summed E-state index contributed by atoms with van der Waals surface area (Å²) in [6, 6.07) is 0. The van der Waals surface area contributed by atoms with Gasteiger partial charge in [0.1, 0.15) is 5.78 Å². The standard InChI is InChI=1S/C29H48O.CO2/c1-7-29(22-10-8-9-20-28(29)30)23-21-27(6)19-13-18-26(5)17-12-16-25(4)15-11-14-24(2)3;2-1-3/h14,16,18,21H,7-13,15,17,19-20,22-23H2,1-6H3;/b25-16+,26-18+,27-21+;. The normalized spacial score (nSPS) is 19.8. The highest BCUT2D eigenvalue weighted by molar-refractivity contribution is 5.85. The molecule has 0 saturated heterocycles. The molecule has 0 bridgehead atoms. The molecule has 0 aromatic rings. The van der Waals surface area contributed by atoms with E-state index in [1.54, 1.807) is 0 Å². The SMILES string of the molecule is CCC1(C/C=C(\C)CC/C=C(\C)CC/C=C(\C)CCC=C(C)C)CCCCCC1=O.O=C=O. The summed E-state index contributed by atoms with van der Waals surface area (Å²) in [5.74, 6) is 0.520. The zero-order valence-electron chi connectivity index (χ0n) is 22.2. The van der Waals surface area contributed by atoms with Gasteiger partial charge >= 0.3 is 6.15 Å². The third-order valence-corrected chi connectivity index (χ3v) is 6.82. The highest BCUT2D eigenvalue weighted by Crippen LogP contribution is 2.39. The molecule has 0 amide bonds. The Labute approximate surface area is 203 Å². The van der Waals surface area contributed by atoms with E-state index in [1.165, 1.54) is 41.6 Å². The van der Waals surface area contributed by atoms with Crippen molar-refractivity contribution in [1.29, 1.82) is 0 Å². The van der Waals surface area contributed by atoms with Gasteiger partial charge in [-0.25, -0.2) is 0 Å². The Kier molecular flexibility index (Phi) is 17.3. The van der Waals surface area contributed by atoms with Crippen LogP contribution >= 0.6 is 0 Å². The summed E-state index contributed by atoms with van der Waals surface area (Å²) in [7, 11) is 0. The Balaban J connectivity index is 0.00000322. The van der Waals surface area contributed by atoms with Crippen LogP contribution in [0.25, 0.3) is 0 Å². The molecule has 3 heteroatoms. The monoisotopic (exact) mass is 456 g/mol. The van der Waals surface area contributed by atoms with Crippen molar-refractivity contribution in [2.45, 2.75) is 125 Å². The average molecular weight is 457 g/mol. The minimum atomic E-state index is -0.0701. The van der Waals surface area contributed by atoms with Crippen molar-refractivity contribution < 1.29 is 14.4 Å². The number of Topliss-reactive ketones (excluding diaryl/α,β-unsaturated/α-hetero) is 1. The first-order valence-corrected chi connectivity index (χ1v) is 12.8. The minimum absolute atomic E-state index is 0.0701. The molecule has 1 rings (SSSR count). The molecule has 0 radical (unpaired) electrons. The van der Waals surface area contributed by atoms with E-state index >= 15 is 0 Å². The van der Waals surface area contributed by atoms with Crippen LogP contribution in [-0.4, -0.2) is 11.9 Å². The van der Waals surface area contributed by atoms with Gasteiger partial charge in [0.2, 0.25) is 0 Å². The molecule has 186 valence electrons. The highest BCUT2D eigenvalue weighted by Gasteiger charge is 2.35. The maximum atomic E-state index is 12.7. The van der Waals surface area contributed by atoms with E-state index in [1.807, 2.05) is 0 Å². The van der Waals surface area contributed by atoms with Crippen LogP contribution in [0.2, 0.25) is 0 Å². The average Bonchev–Trinajstić information content (AvgIpc) is 2.94. The van der Waals surface area contributed by atoms with Gasteiger partial charge in [-0.1, -0.05) is 66.4 Å². The molecule has 3 nitrogen and oxygen atoms in total. The fourth-order valence-electron chi connectivity index (χ4n) is 4.42. The van der Waals surface area contributed by atoms with Gasteiger partial charge in [-0.15, -0.1) is 0 Å². The smallest absolute Gasteiger partial charge is 0.299 e. The van der Waals surface area contributed by atoms with Crippen LogP contribution < -0.4 is 0 Å². The number of hydrogen-bond donors (Lipinski definition) is 0. The van der Waals surface area contributed by atoms with E-state index in [0.29, 0.717) is 5.78 Å². The third kappa shape index (κ3) is 14.7. The predicted molar refractivity (Wildman–Crippen MR) is 139 cm³/mol. The van der Waals surface area contributed by atoms with Crippen LogP contribution in [0.4, 0.5) is 0 Å². The quantitative estimate of drug-likeness (QED) is 0.218. The van der Waals surface area contributed by atoms with Gasteiger partial charge in [-0.05, 0) is 98.8 Å². The van der Waals surface area contributed by atoms with Crippen LogP contribution in [-0.2, 0) is 14.4 Å². The number of rotatable bonds is 12. The zero-order valence-corrected chi connectivity index (χ0v) is 22.2. The van der Waals surface area contributed by atoms with Crippen LogP contribution in [0.5, 0.6) is 0 Å². The second-order valence-electron chi connectivity index (χ2n) is 9.95. The van der Waals surface area contributed by atoms with E-state index in [0.717, 1.165) is 64.2 Å². The van der Waals surface area contributed by atoms with Crippen LogP contribution in [0.1, 0.15) is 125 Å². The molecular formula is C30H48O3. The van der Waals surface area contributed by atoms with Crippen molar-refractivity contribution in [1.82, 2.24) is 0 Å². The summed E-state index contributed by atoms with van der Waals surface area (Å²) in [5, 5.41) is 0. The molecule has 1 aliphatic rings. The molecular weight excluding hydrogens is 408 g/mol. The zero-order chi connectivity index (χ0) is 25.1. The summed E-state index contributed by atoms with van der Waals surface area (Å²) in [6.45, 7) is 13.3. The number of ketones is 1. The van der Waals surface area contributed by atoms with Gasteiger partial charge in [0.25, 0.3) is 0 Å². The van der Waals surface area contributed by atoms with Crippen molar-refractivity contribution in [2.75, 3.05) is 0 Å². The van der Waals surface area contributed by atoms with Crippen molar-refractivity contribution in [2.24, 2.45) is 5.41 Å². The van der Waals surface area contributed by atoms with Gasteiger partial charge in [-0.2, -0.15) is 9.59 Å². The fourth-order valence-corrected chi connectivity index (χ4v) is 4.42. The molecule has 0 N–H and O–H groups in total. The second-order valence-corrected chi connectivity index (χ2v) is 9.95. The lowest BCUT2D eigenvalue weighted by atomic mass is 9.74. The summed E-state index contributed by atoms with van der Waals surface area (Å²) in [4.78, 5) is 28.9. The van der Waals surface area contributed by atoms with E-state index in [9.17, 15) is 4.79 Å². The minimum Gasteiger partial charge on any atom is -0.299 e. The summed E-state index contributed by atoms with van der Waals surface area (Å²) in [6.07, 6.45) is 24.0. The van der Waals surface area contributed by atoms with Crippen molar-refractivity contribution >= 4 is 11.9 Å². The van der Waals surface area contributed by atoms with Crippen molar-refractivity contribution in [3.05, 3.63) is 46.6 Å². The van der Waals surface area contributed by atoms with Gasteiger partial charge in [-0.3, -0.25) is 4.79 Å². The summed E-state index contributed by atoms with van der Waals surface area (Å²) >= 11 is 0. The predicted octanol–water partition coefficient (Wildman–Crippen LogP) is 8.87. The molecule has 0 aliphatic heterocycles. The molecule has 1 atom stereocenters. The van der Waals surface area contributed by atoms with Gasteiger partial charge in [0.05, 0.1) is 0 Å². The molecule has 0 spiro atoms. The fraction of sp³-hybridized carbons (Fsp3) is 0.667. The first-order chi connectivity index (χ1) is 15.7. The Morgan fingerprint density at radius 3 is 1.76 bits per heavy atom. The maximum absolute atomic E-state index is 12.7. The second kappa shape index (κ2) is 18.4. The topological polar surface area (TPSA) is 51.2 Å². The van der Waals surface area contributed by atoms with E-state index < -0.39 is 0 Å². The highest BCUT2D eigenvalue weighted by atomic mass is 16.2. The van der Waals surface area contributed by atoms with Gasteiger partial charge < -0.3 is 0 Å². The van der Waals surface area contributed by atoms with E-state index in [4.69, 9.17) is 9.59 Å². The van der Waals surface area contributed by atoms with Crippen molar-refractivity contribution in [3.8, 4) is 0 Å². The molecule has 33 heavy (non-hydrogen) atoms. The lowest BCUT2D eigenvalue weighted by Gasteiger charge is -2.29. The van der Waals surface area contributed by atoms with Gasteiger partial charge in [0, 0.05) is 11.8 Å². The number of allylic oxidation sites excluding steroid dienone is 8. The lowest BCUT2D eigenvalue weighted by molar-refractivity contribution is -0.191. The van der Waals surface area contributed by atoms with E-state index in [2.05, 4.69) is 65.8 Å². The van der Waals surface area contributed by atoms with Crippen molar-refractivity contribution in [3.63, 3.8) is 0 Å². The Morgan fingerprint density at radius 2 is 1.27 bits per heavy atom. The molecule has 1 aliphatic carbocycles. The first-order valence-electron chi connectivity index (χ1n) is 12.8. The molecule has 0 aromatic heterocycles. The first kappa shape index (κ1) is 31.0. The van der Waals surface area contributed by atoms with Crippen LogP contribution in [0.3, 0.4) is 0 Å². The number of carbonyl (C=O) groups excluding carboxylic acids is 3. The van der Waals surface area contributed by atoms with Crippen LogP contribution in [0.15, 0.2) is 46.6 Å². The maximum Gasteiger partial charge on any atom is 0.373 e. The molecule has 1 fully saturated rings. The van der Waals surface area contributed by atoms with Gasteiger partial charge in [0.15, 0.2) is 0 Å². The molecule has 0 heterocycles. The number of hydrogen-bond acceptors (Lipinski definition) is 3. The summed E-state index contributed by atoms with van der Waals surface area (Å²) < 4.78 is 0. The van der Waals surface area contributed by atoms with Crippen LogP contribution in [0, 0.1) is 5.41 Å². The number of carbonyl (C=O) groups is 1. The Hall–Kier alpha value is -1.99. The summed E-state index contributed by atoms with van der Waals surface area (Å²) in [5.41, 5.74) is 5.80. The lowest BCUT2D eigenvalue weighted by Crippen LogP contribution is -2.28. The molecule has 0 aromatic carbocycles. The Morgan fingerprint density at radius 1 is 0.788 bits per heavy atom. The molecule has 1 saturated carbocycles. The molecule has 1 unspecified atom stereocenters. The Bertz CT molecular complexity index is 726. The van der Waals surface area contributed by atoms with E-state index in [-0.39, 0.29) is 11.6 Å².